The molecule has 0 radical (unpaired) electrons. The number of methoxy groups -OCH3 is 1. The lowest BCUT2D eigenvalue weighted by molar-refractivity contribution is 0.170. The van der Waals surface area contributed by atoms with Crippen LogP contribution in [0.25, 0.3) is 0 Å². The Morgan fingerprint density at radius 1 is 1.12 bits per heavy atom. The molecule has 128 valence electrons. The van der Waals surface area contributed by atoms with Crippen LogP contribution in [0.15, 0.2) is 36.7 Å². The van der Waals surface area contributed by atoms with E-state index in [1.54, 1.807) is 19.5 Å². The summed E-state index contributed by atoms with van der Waals surface area (Å²) < 4.78 is 5.35. The minimum Gasteiger partial charge on any atom is -0.481 e. The maximum Gasteiger partial charge on any atom is 0.217 e. The van der Waals surface area contributed by atoms with Crippen molar-refractivity contribution in [2.45, 2.75) is 32.2 Å². The number of hydrogen-bond acceptors (Lipinski definition) is 4. The van der Waals surface area contributed by atoms with Crippen molar-refractivity contribution in [1.82, 2.24) is 14.9 Å². The Morgan fingerprint density at radius 2 is 1.83 bits per heavy atom. The van der Waals surface area contributed by atoms with E-state index in [0.717, 1.165) is 37.9 Å². The molecule has 2 aromatic rings. The number of ether oxygens (including phenoxy) is 1. The highest BCUT2D eigenvalue weighted by molar-refractivity contribution is 6.30. The Kier molecular flexibility index (Phi) is 6.05. The molecule has 0 unspecified atom stereocenters. The topological polar surface area (TPSA) is 38.2 Å². The van der Waals surface area contributed by atoms with Crippen LogP contribution in [0.2, 0.25) is 5.15 Å². The number of nitrogens with zero attached hydrogens (tertiary/aromatic N) is 3. The normalized spacial score (nSPS) is 16.2. The fourth-order valence-electron chi connectivity index (χ4n) is 3.37. The van der Waals surface area contributed by atoms with Gasteiger partial charge in [0.2, 0.25) is 5.88 Å². The smallest absolute Gasteiger partial charge is 0.217 e. The molecule has 0 aromatic carbocycles. The summed E-state index contributed by atoms with van der Waals surface area (Å²) in [4.78, 5) is 10.9. The maximum absolute atomic E-state index is 6.15. The van der Waals surface area contributed by atoms with Gasteiger partial charge in [0.15, 0.2) is 0 Å². The molecular weight excluding hydrogens is 322 g/mol. The highest BCUT2D eigenvalue weighted by atomic mass is 35.5. The molecular formula is C19H24ClN3O. The Hall–Kier alpha value is -1.65. The fraction of sp³-hybridized carbons (Fsp3) is 0.474. The molecule has 0 N–H and O–H groups in total. The van der Waals surface area contributed by atoms with Gasteiger partial charge in [-0.3, -0.25) is 4.90 Å². The van der Waals surface area contributed by atoms with Crippen LogP contribution in [0.3, 0.4) is 0 Å². The number of likely N-dealkylation sites (tertiary alicyclic amines) is 1. The quantitative estimate of drug-likeness (QED) is 0.742. The predicted molar refractivity (Wildman–Crippen MR) is 96.4 cm³/mol. The summed E-state index contributed by atoms with van der Waals surface area (Å²) in [5, 5.41) is 0.651. The van der Waals surface area contributed by atoms with Crippen LogP contribution < -0.4 is 4.74 Å². The second-order valence-corrected chi connectivity index (χ2v) is 6.74. The summed E-state index contributed by atoms with van der Waals surface area (Å²) in [6.07, 6.45) is 8.21. The number of aryl methyl sites for hydroxylation is 1. The van der Waals surface area contributed by atoms with Gasteiger partial charge >= 0.3 is 0 Å². The van der Waals surface area contributed by atoms with Gasteiger partial charge in [-0.1, -0.05) is 23.7 Å². The van der Waals surface area contributed by atoms with Gasteiger partial charge in [-0.15, -0.1) is 0 Å². The summed E-state index contributed by atoms with van der Waals surface area (Å²) in [5.41, 5.74) is 2.34. The third-order valence-corrected chi connectivity index (χ3v) is 5.14. The maximum atomic E-state index is 6.15. The zero-order valence-corrected chi connectivity index (χ0v) is 14.9. The number of halogens is 1. The van der Waals surface area contributed by atoms with Crippen LogP contribution in [0.4, 0.5) is 0 Å². The molecule has 3 rings (SSSR count). The molecule has 1 fully saturated rings. The molecule has 0 spiro atoms. The van der Waals surface area contributed by atoms with Gasteiger partial charge in [-0.2, -0.15) is 0 Å². The molecule has 1 saturated heterocycles. The van der Waals surface area contributed by atoms with E-state index < -0.39 is 0 Å². The first kappa shape index (κ1) is 17.2. The van der Waals surface area contributed by atoms with E-state index in [1.165, 1.54) is 30.4 Å². The number of rotatable bonds is 6. The van der Waals surface area contributed by atoms with Crippen LogP contribution in [-0.2, 0) is 13.0 Å². The summed E-state index contributed by atoms with van der Waals surface area (Å²) in [6.45, 7) is 3.17. The minimum absolute atomic E-state index is 0.651. The molecule has 4 nitrogen and oxygen atoms in total. The van der Waals surface area contributed by atoms with Gasteiger partial charge < -0.3 is 4.74 Å². The molecule has 0 amide bonds. The SMILES string of the molecule is COc1ncccc1CN1CCC(CCc2cccnc2Cl)CC1. The number of hydrogen-bond donors (Lipinski definition) is 0. The molecule has 2 aromatic heterocycles. The van der Waals surface area contributed by atoms with E-state index in [4.69, 9.17) is 16.3 Å². The van der Waals surface area contributed by atoms with Crippen molar-refractivity contribution in [3.05, 3.63) is 52.9 Å². The van der Waals surface area contributed by atoms with Gasteiger partial charge in [0.25, 0.3) is 0 Å². The highest BCUT2D eigenvalue weighted by Crippen LogP contribution is 2.26. The standard InChI is InChI=1S/C19H24ClN3O/c1-24-19-17(5-3-11-22-19)14-23-12-8-15(9-13-23)6-7-16-4-2-10-21-18(16)20/h2-5,10-11,15H,6-9,12-14H2,1H3. The highest BCUT2D eigenvalue weighted by Gasteiger charge is 2.20. The van der Waals surface area contributed by atoms with Crippen molar-refractivity contribution in [3.63, 3.8) is 0 Å². The van der Waals surface area contributed by atoms with Crippen LogP contribution in [-0.4, -0.2) is 35.1 Å². The third-order valence-electron chi connectivity index (χ3n) is 4.80. The summed E-state index contributed by atoms with van der Waals surface area (Å²) in [6, 6.07) is 8.12. The lowest BCUT2D eigenvalue weighted by atomic mass is 9.90. The van der Waals surface area contributed by atoms with Crippen LogP contribution in [0, 0.1) is 5.92 Å². The molecule has 0 aliphatic carbocycles. The molecule has 3 heterocycles. The van der Waals surface area contributed by atoms with Crippen LogP contribution >= 0.6 is 11.6 Å². The first-order chi connectivity index (χ1) is 11.8. The summed E-state index contributed by atoms with van der Waals surface area (Å²) >= 11 is 6.15. The van der Waals surface area contributed by atoms with Crippen molar-refractivity contribution in [1.29, 1.82) is 0 Å². The first-order valence-electron chi connectivity index (χ1n) is 8.56. The van der Waals surface area contributed by atoms with E-state index in [-0.39, 0.29) is 0 Å². The van der Waals surface area contributed by atoms with E-state index in [2.05, 4.69) is 27.0 Å². The second kappa shape index (κ2) is 8.45. The average Bonchev–Trinajstić information content (AvgIpc) is 2.63. The van der Waals surface area contributed by atoms with Gasteiger partial charge in [0.05, 0.1) is 7.11 Å². The van der Waals surface area contributed by atoms with Crippen molar-refractivity contribution in [2.24, 2.45) is 5.92 Å². The second-order valence-electron chi connectivity index (χ2n) is 6.38. The Morgan fingerprint density at radius 3 is 2.54 bits per heavy atom. The van der Waals surface area contributed by atoms with Crippen molar-refractivity contribution in [3.8, 4) is 5.88 Å². The lowest BCUT2D eigenvalue weighted by Crippen LogP contribution is -2.33. The number of piperidine rings is 1. The first-order valence-corrected chi connectivity index (χ1v) is 8.93. The molecule has 1 aliphatic heterocycles. The van der Waals surface area contributed by atoms with E-state index in [1.807, 2.05) is 12.1 Å². The van der Waals surface area contributed by atoms with E-state index >= 15 is 0 Å². The van der Waals surface area contributed by atoms with Crippen LogP contribution in [0.5, 0.6) is 5.88 Å². The van der Waals surface area contributed by atoms with Gasteiger partial charge in [-0.25, -0.2) is 9.97 Å². The lowest BCUT2D eigenvalue weighted by Gasteiger charge is -2.32. The van der Waals surface area contributed by atoms with Gasteiger partial charge in [-0.05, 0) is 62.4 Å². The van der Waals surface area contributed by atoms with Crippen molar-refractivity contribution >= 4 is 11.6 Å². The van der Waals surface area contributed by atoms with Crippen molar-refractivity contribution in [2.75, 3.05) is 20.2 Å². The molecule has 24 heavy (non-hydrogen) atoms. The molecule has 1 aliphatic rings. The predicted octanol–water partition coefficient (Wildman–Crippen LogP) is 3.98. The Balaban J connectivity index is 1.47. The third kappa shape index (κ3) is 4.46. The summed E-state index contributed by atoms with van der Waals surface area (Å²) in [5.74, 6) is 1.51. The summed E-state index contributed by atoms with van der Waals surface area (Å²) in [7, 11) is 1.68. The Bertz CT molecular complexity index is 657. The van der Waals surface area contributed by atoms with Gasteiger partial charge in [0.1, 0.15) is 5.15 Å². The van der Waals surface area contributed by atoms with Crippen molar-refractivity contribution < 1.29 is 4.74 Å². The minimum atomic E-state index is 0.651. The fourth-order valence-corrected chi connectivity index (χ4v) is 3.58. The van der Waals surface area contributed by atoms with E-state index in [9.17, 15) is 0 Å². The zero-order valence-electron chi connectivity index (χ0n) is 14.1. The monoisotopic (exact) mass is 345 g/mol. The number of pyridine rings is 2. The molecule has 0 saturated carbocycles. The zero-order chi connectivity index (χ0) is 16.8. The van der Waals surface area contributed by atoms with E-state index in [0.29, 0.717) is 5.15 Å². The average molecular weight is 346 g/mol. The molecule has 5 heteroatoms. The van der Waals surface area contributed by atoms with Gasteiger partial charge in [0, 0.05) is 24.5 Å². The van der Waals surface area contributed by atoms with Crippen LogP contribution in [0.1, 0.15) is 30.4 Å². The largest absolute Gasteiger partial charge is 0.481 e. The number of aromatic nitrogens is 2. The molecule has 0 atom stereocenters. The Labute approximate surface area is 148 Å². The molecule has 0 bridgehead atoms.